The minimum atomic E-state index is 0.355. The van der Waals surface area contributed by atoms with E-state index in [2.05, 4.69) is 24.3 Å². The Morgan fingerprint density at radius 3 is 2.75 bits per heavy atom. The molecule has 1 aromatic heterocycles. The molecule has 108 valence electrons. The van der Waals surface area contributed by atoms with Gasteiger partial charge >= 0.3 is 0 Å². The first kappa shape index (κ1) is 14.9. The van der Waals surface area contributed by atoms with Gasteiger partial charge in [0.25, 0.3) is 0 Å². The molecular weight excluding hydrogens is 274 g/mol. The Labute approximate surface area is 124 Å². The first-order chi connectivity index (χ1) is 9.60. The zero-order valence-electron chi connectivity index (χ0n) is 12.1. The fraction of sp³-hybridized carbons (Fsp3) is 0.400. The van der Waals surface area contributed by atoms with Gasteiger partial charge < -0.3 is 10.1 Å². The molecule has 0 amide bonds. The summed E-state index contributed by atoms with van der Waals surface area (Å²) in [6, 6.07) is 8.13. The van der Waals surface area contributed by atoms with Crippen molar-refractivity contribution >= 4 is 11.6 Å². The van der Waals surface area contributed by atoms with Crippen LogP contribution in [0, 0.1) is 0 Å². The molecule has 0 aliphatic heterocycles. The second kappa shape index (κ2) is 6.77. The molecule has 0 radical (unpaired) electrons. The fourth-order valence-electron chi connectivity index (χ4n) is 1.87. The summed E-state index contributed by atoms with van der Waals surface area (Å²) >= 11 is 6.21. The lowest BCUT2D eigenvalue weighted by molar-refractivity contribution is 0.299. The van der Waals surface area contributed by atoms with Gasteiger partial charge in [-0.05, 0) is 44.7 Å². The summed E-state index contributed by atoms with van der Waals surface area (Å²) in [5.74, 6) is 0.686. The first-order valence-electron chi connectivity index (χ1n) is 6.70. The molecule has 0 saturated carbocycles. The van der Waals surface area contributed by atoms with Gasteiger partial charge in [0.15, 0.2) is 0 Å². The van der Waals surface area contributed by atoms with Crippen molar-refractivity contribution in [3.05, 3.63) is 46.7 Å². The van der Waals surface area contributed by atoms with Crippen LogP contribution in [0.1, 0.15) is 31.1 Å². The summed E-state index contributed by atoms with van der Waals surface area (Å²) in [7, 11) is 1.91. The van der Waals surface area contributed by atoms with Crippen LogP contribution in [0.25, 0.3) is 0 Å². The third-order valence-electron chi connectivity index (χ3n) is 2.95. The zero-order valence-corrected chi connectivity index (χ0v) is 12.8. The van der Waals surface area contributed by atoms with Crippen molar-refractivity contribution in [2.45, 2.75) is 33.0 Å². The second-order valence-corrected chi connectivity index (χ2v) is 5.37. The SMILES string of the molecule is CNCc1ccc(OCc2ccn(C(C)C)n2)c(Cl)c1. The third kappa shape index (κ3) is 3.74. The average molecular weight is 294 g/mol. The molecule has 0 fully saturated rings. The fourth-order valence-corrected chi connectivity index (χ4v) is 2.13. The molecular formula is C15H20ClN3O. The summed E-state index contributed by atoms with van der Waals surface area (Å²) in [5, 5.41) is 8.16. The molecule has 2 aromatic rings. The van der Waals surface area contributed by atoms with Crippen LogP contribution in [0.15, 0.2) is 30.5 Å². The van der Waals surface area contributed by atoms with Crippen molar-refractivity contribution in [1.29, 1.82) is 0 Å². The Kier molecular flexibility index (Phi) is 5.04. The molecule has 4 nitrogen and oxygen atoms in total. The molecule has 2 rings (SSSR count). The quantitative estimate of drug-likeness (QED) is 0.887. The van der Waals surface area contributed by atoms with E-state index in [4.69, 9.17) is 16.3 Å². The summed E-state index contributed by atoms with van der Waals surface area (Å²) in [5.41, 5.74) is 2.03. The van der Waals surface area contributed by atoms with Crippen molar-refractivity contribution in [1.82, 2.24) is 15.1 Å². The highest BCUT2D eigenvalue weighted by molar-refractivity contribution is 6.32. The number of benzene rings is 1. The summed E-state index contributed by atoms with van der Waals surface area (Å²) in [6.45, 7) is 5.40. The molecule has 1 aromatic carbocycles. The van der Waals surface area contributed by atoms with E-state index in [1.54, 1.807) is 0 Å². The molecule has 0 unspecified atom stereocenters. The van der Waals surface area contributed by atoms with Gasteiger partial charge in [-0.2, -0.15) is 5.10 Å². The molecule has 0 atom stereocenters. The van der Waals surface area contributed by atoms with E-state index in [1.165, 1.54) is 0 Å². The molecule has 1 N–H and O–H groups in total. The summed E-state index contributed by atoms with van der Waals surface area (Å²) in [4.78, 5) is 0. The maximum atomic E-state index is 6.21. The normalized spacial score (nSPS) is 11.1. The van der Waals surface area contributed by atoms with E-state index in [0.29, 0.717) is 23.4 Å². The molecule has 1 heterocycles. The van der Waals surface area contributed by atoms with Crippen LogP contribution in [0.2, 0.25) is 5.02 Å². The second-order valence-electron chi connectivity index (χ2n) is 4.96. The maximum absolute atomic E-state index is 6.21. The standard InChI is InChI=1S/C15H20ClN3O/c1-11(2)19-7-6-13(18-19)10-20-15-5-4-12(9-17-3)8-14(15)16/h4-8,11,17H,9-10H2,1-3H3. The van der Waals surface area contributed by atoms with Crippen LogP contribution in [0.5, 0.6) is 5.75 Å². The Balaban J connectivity index is 1.99. The minimum absolute atomic E-state index is 0.355. The predicted octanol–water partition coefficient (Wildman–Crippen LogP) is 3.42. The Morgan fingerprint density at radius 2 is 2.15 bits per heavy atom. The van der Waals surface area contributed by atoms with E-state index in [1.807, 2.05) is 42.2 Å². The highest BCUT2D eigenvalue weighted by atomic mass is 35.5. The van der Waals surface area contributed by atoms with E-state index in [-0.39, 0.29) is 0 Å². The van der Waals surface area contributed by atoms with Crippen molar-refractivity contribution in [3.8, 4) is 5.75 Å². The number of nitrogens with one attached hydrogen (secondary N) is 1. The monoisotopic (exact) mass is 293 g/mol. The van der Waals surface area contributed by atoms with E-state index >= 15 is 0 Å². The highest BCUT2D eigenvalue weighted by Crippen LogP contribution is 2.26. The van der Waals surface area contributed by atoms with Gasteiger partial charge in [0.2, 0.25) is 0 Å². The van der Waals surface area contributed by atoms with Crippen molar-refractivity contribution in [2.75, 3.05) is 7.05 Å². The van der Waals surface area contributed by atoms with Gasteiger partial charge in [-0.1, -0.05) is 17.7 Å². The topological polar surface area (TPSA) is 39.1 Å². The zero-order chi connectivity index (χ0) is 14.5. The van der Waals surface area contributed by atoms with Gasteiger partial charge in [0.05, 0.1) is 10.7 Å². The van der Waals surface area contributed by atoms with Crippen LogP contribution in [0.3, 0.4) is 0 Å². The number of rotatable bonds is 6. The van der Waals surface area contributed by atoms with Crippen molar-refractivity contribution < 1.29 is 4.74 Å². The maximum Gasteiger partial charge on any atom is 0.138 e. The molecule has 0 aliphatic rings. The number of hydrogen-bond acceptors (Lipinski definition) is 3. The number of aromatic nitrogens is 2. The molecule has 5 heteroatoms. The number of halogens is 1. The molecule has 0 aliphatic carbocycles. The molecule has 0 saturated heterocycles. The average Bonchev–Trinajstić information content (AvgIpc) is 2.87. The lowest BCUT2D eigenvalue weighted by atomic mass is 10.2. The Hall–Kier alpha value is -1.52. The third-order valence-corrected chi connectivity index (χ3v) is 3.24. The lowest BCUT2D eigenvalue weighted by Crippen LogP contribution is -2.05. The Bertz CT molecular complexity index is 566. The largest absolute Gasteiger partial charge is 0.486 e. The molecule has 0 spiro atoms. The molecule has 0 bridgehead atoms. The van der Waals surface area contributed by atoms with Crippen LogP contribution >= 0.6 is 11.6 Å². The lowest BCUT2D eigenvalue weighted by Gasteiger charge is -2.09. The van der Waals surface area contributed by atoms with E-state index in [9.17, 15) is 0 Å². The van der Waals surface area contributed by atoms with Crippen LogP contribution in [0.4, 0.5) is 0 Å². The van der Waals surface area contributed by atoms with Gasteiger partial charge in [-0.15, -0.1) is 0 Å². The van der Waals surface area contributed by atoms with Gasteiger partial charge in [-0.25, -0.2) is 0 Å². The Morgan fingerprint density at radius 1 is 1.35 bits per heavy atom. The number of hydrogen-bond donors (Lipinski definition) is 1. The highest BCUT2D eigenvalue weighted by Gasteiger charge is 2.06. The molecule has 20 heavy (non-hydrogen) atoms. The summed E-state index contributed by atoms with van der Waals surface area (Å²) < 4.78 is 7.63. The minimum Gasteiger partial charge on any atom is -0.486 e. The summed E-state index contributed by atoms with van der Waals surface area (Å²) in [6.07, 6.45) is 1.96. The number of ether oxygens (including phenoxy) is 1. The predicted molar refractivity (Wildman–Crippen MR) is 81.2 cm³/mol. The first-order valence-corrected chi connectivity index (χ1v) is 7.08. The van der Waals surface area contributed by atoms with Crippen LogP contribution < -0.4 is 10.1 Å². The van der Waals surface area contributed by atoms with E-state index in [0.717, 1.165) is 17.8 Å². The van der Waals surface area contributed by atoms with Crippen LogP contribution in [-0.4, -0.2) is 16.8 Å². The van der Waals surface area contributed by atoms with Gasteiger partial charge in [0, 0.05) is 18.8 Å². The van der Waals surface area contributed by atoms with Crippen molar-refractivity contribution in [2.24, 2.45) is 0 Å². The van der Waals surface area contributed by atoms with Crippen LogP contribution in [-0.2, 0) is 13.2 Å². The van der Waals surface area contributed by atoms with Crippen molar-refractivity contribution in [3.63, 3.8) is 0 Å². The van der Waals surface area contributed by atoms with Gasteiger partial charge in [-0.3, -0.25) is 4.68 Å². The van der Waals surface area contributed by atoms with E-state index < -0.39 is 0 Å². The smallest absolute Gasteiger partial charge is 0.138 e. The van der Waals surface area contributed by atoms with Gasteiger partial charge in [0.1, 0.15) is 12.4 Å². The number of nitrogens with zero attached hydrogens (tertiary/aromatic N) is 2.